The molecule has 164 valence electrons. The number of halogens is 2. The highest BCUT2D eigenvalue weighted by molar-refractivity contribution is 6.07. The topological polar surface area (TPSA) is 89.5 Å². The van der Waals surface area contributed by atoms with Crippen molar-refractivity contribution < 1.29 is 32.6 Å². The van der Waals surface area contributed by atoms with Crippen LogP contribution in [0.4, 0.5) is 13.6 Å². The van der Waals surface area contributed by atoms with Crippen molar-refractivity contribution in [2.45, 2.75) is 26.0 Å². The Labute approximate surface area is 177 Å². The van der Waals surface area contributed by atoms with Gasteiger partial charge in [0.25, 0.3) is 5.91 Å². The fourth-order valence-electron chi connectivity index (χ4n) is 3.06. The number of carbonyl (C=O) groups excluding carboxylic acids is 2. The lowest BCUT2D eigenvalue weighted by atomic mass is 9.92. The molecule has 0 aliphatic carbocycles. The predicted octanol–water partition coefficient (Wildman–Crippen LogP) is 3.50. The second kappa shape index (κ2) is 8.99. The van der Waals surface area contributed by atoms with Gasteiger partial charge in [-0.1, -0.05) is 12.1 Å². The summed E-state index contributed by atoms with van der Waals surface area (Å²) in [4.78, 5) is 25.3. The molecular weight excluding hydrogens is 412 g/mol. The molecule has 0 bridgehead atoms. The largest absolute Gasteiger partial charge is 0.493 e. The molecule has 3 amide bonds. The van der Waals surface area contributed by atoms with Gasteiger partial charge in [0.05, 0.1) is 19.9 Å². The smallest absolute Gasteiger partial charge is 0.387 e. The lowest BCUT2D eigenvalue weighted by Gasteiger charge is -2.21. The van der Waals surface area contributed by atoms with Crippen LogP contribution < -0.4 is 19.5 Å². The van der Waals surface area contributed by atoms with E-state index in [1.807, 2.05) is 6.92 Å². The Kier molecular flexibility index (Phi) is 6.38. The van der Waals surface area contributed by atoms with Gasteiger partial charge in [-0.15, -0.1) is 5.01 Å². The van der Waals surface area contributed by atoms with Crippen molar-refractivity contribution in [1.82, 2.24) is 10.3 Å². The summed E-state index contributed by atoms with van der Waals surface area (Å²) in [6.45, 7) is 0.870. The maximum absolute atomic E-state index is 12.9. The third-order valence-electron chi connectivity index (χ3n) is 4.64. The third kappa shape index (κ3) is 4.57. The number of nitrogens with one attached hydrogen (secondary N) is 1. The van der Waals surface area contributed by atoms with Crippen LogP contribution in [0.3, 0.4) is 0 Å². The number of methoxy groups -OCH3 is 1. The monoisotopic (exact) mass is 433 g/mol. The minimum atomic E-state index is -2.96. The molecule has 3 rings (SSSR count). The number of nitrogens with zero attached hydrogens (tertiary/aromatic N) is 2. The highest BCUT2D eigenvalue weighted by Crippen LogP contribution is 2.31. The molecule has 0 spiro atoms. The quantitative estimate of drug-likeness (QED) is 0.509. The molecule has 1 aliphatic heterocycles. The van der Waals surface area contributed by atoms with Crippen LogP contribution in [-0.4, -0.2) is 43.5 Å². The van der Waals surface area contributed by atoms with E-state index in [1.165, 1.54) is 44.5 Å². The molecule has 10 heteroatoms. The highest BCUT2D eigenvalue weighted by atomic mass is 19.3. The Bertz CT molecular complexity index is 997. The van der Waals surface area contributed by atoms with E-state index in [9.17, 15) is 18.4 Å². The number of rotatable bonds is 8. The van der Waals surface area contributed by atoms with Crippen LogP contribution in [0.15, 0.2) is 47.6 Å². The average Bonchev–Trinajstić information content (AvgIpc) is 2.96. The van der Waals surface area contributed by atoms with Crippen molar-refractivity contribution >= 4 is 18.2 Å². The molecule has 2 aromatic rings. The number of urea groups is 1. The van der Waals surface area contributed by atoms with Gasteiger partial charge in [-0.05, 0) is 55.3 Å². The van der Waals surface area contributed by atoms with Crippen molar-refractivity contribution in [2.75, 3.05) is 13.7 Å². The zero-order valence-electron chi connectivity index (χ0n) is 17.1. The van der Waals surface area contributed by atoms with Crippen molar-refractivity contribution in [3.8, 4) is 17.2 Å². The molecule has 0 radical (unpaired) electrons. The number of hydrogen-bond acceptors (Lipinski definition) is 6. The molecule has 1 N–H and O–H groups in total. The lowest BCUT2D eigenvalue weighted by molar-refractivity contribution is -0.131. The van der Waals surface area contributed by atoms with Crippen LogP contribution >= 0.6 is 0 Å². The van der Waals surface area contributed by atoms with Gasteiger partial charge in [0.1, 0.15) is 11.3 Å². The normalized spacial score (nSPS) is 18.6. The van der Waals surface area contributed by atoms with Gasteiger partial charge in [-0.25, -0.2) is 4.79 Å². The number of ether oxygens (including phenoxy) is 3. The molecule has 31 heavy (non-hydrogen) atoms. The summed E-state index contributed by atoms with van der Waals surface area (Å²) in [5.41, 5.74) is -0.426. The first-order valence-corrected chi connectivity index (χ1v) is 9.35. The minimum Gasteiger partial charge on any atom is -0.493 e. The van der Waals surface area contributed by atoms with Crippen LogP contribution in [0.25, 0.3) is 0 Å². The Morgan fingerprint density at radius 1 is 1.16 bits per heavy atom. The summed E-state index contributed by atoms with van der Waals surface area (Å²) in [7, 11) is 1.50. The number of carbonyl (C=O) groups is 2. The second-order valence-corrected chi connectivity index (χ2v) is 6.66. The summed E-state index contributed by atoms with van der Waals surface area (Å²) in [5.74, 6) is 0.371. The van der Waals surface area contributed by atoms with Crippen LogP contribution in [0.1, 0.15) is 25.0 Å². The van der Waals surface area contributed by atoms with E-state index in [0.717, 1.165) is 0 Å². The van der Waals surface area contributed by atoms with Gasteiger partial charge in [-0.3, -0.25) is 4.79 Å². The maximum atomic E-state index is 12.9. The molecule has 1 saturated heterocycles. The van der Waals surface area contributed by atoms with E-state index < -0.39 is 24.1 Å². The Hall–Kier alpha value is -3.69. The van der Waals surface area contributed by atoms with E-state index in [1.54, 1.807) is 18.2 Å². The molecule has 1 fully saturated rings. The number of amides is 3. The van der Waals surface area contributed by atoms with Gasteiger partial charge in [0, 0.05) is 0 Å². The molecule has 0 saturated carbocycles. The summed E-state index contributed by atoms with van der Waals surface area (Å²) in [6, 6.07) is 9.80. The number of hydrogen-bond donors (Lipinski definition) is 1. The third-order valence-corrected chi connectivity index (χ3v) is 4.64. The summed E-state index contributed by atoms with van der Waals surface area (Å²) in [5, 5.41) is 7.31. The van der Waals surface area contributed by atoms with Crippen molar-refractivity contribution in [3.63, 3.8) is 0 Å². The van der Waals surface area contributed by atoms with Gasteiger partial charge in [0.15, 0.2) is 11.5 Å². The first-order valence-electron chi connectivity index (χ1n) is 9.35. The fraction of sp³-hybridized carbons (Fsp3) is 0.286. The first-order chi connectivity index (χ1) is 14.8. The van der Waals surface area contributed by atoms with Crippen molar-refractivity contribution in [3.05, 3.63) is 53.6 Å². The SMILES string of the molecule is CCOc1ccc(C=NN2C(=O)NC(C)(c3ccc(OC(F)F)cc3)C2=O)cc1OC. The molecule has 1 aliphatic rings. The minimum absolute atomic E-state index is 0.0570. The number of alkyl halides is 2. The molecular formula is C21H21F2N3O5. The van der Waals surface area contributed by atoms with Gasteiger partial charge in [0.2, 0.25) is 0 Å². The van der Waals surface area contributed by atoms with E-state index in [0.29, 0.717) is 34.2 Å². The van der Waals surface area contributed by atoms with Crippen LogP contribution in [-0.2, 0) is 10.3 Å². The maximum Gasteiger partial charge on any atom is 0.387 e. The number of imide groups is 1. The standard InChI is InChI=1S/C21H21F2N3O5/c1-4-30-16-10-5-13(11-17(16)29-3)12-24-26-18(27)21(2,25-20(26)28)14-6-8-15(9-7-14)31-19(22)23/h5-12,19H,4H2,1-3H3,(H,25,28). The first kappa shape index (κ1) is 22.0. The number of hydrazone groups is 1. The van der Waals surface area contributed by atoms with Crippen LogP contribution in [0.5, 0.6) is 17.2 Å². The van der Waals surface area contributed by atoms with E-state index in [-0.39, 0.29) is 5.75 Å². The second-order valence-electron chi connectivity index (χ2n) is 6.66. The molecule has 1 atom stereocenters. The zero-order valence-corrected chi connectivity index (χ0v) is 17.1. The van der Waals surface area contributed by atoms with Crippen molar-refractivity contribution in [1.29, 1.82) is 0 Å². The lowest BCUT2D eigenvalue weighted by Crippen LogP contribution is -2.40. The van der Waals surface area contributed by atoms with Gasteiger partial charge < -0.3 is 19.5 Å². The summed E-state index contributed by atoms with van der Waals surface area (Å²) >= 11 is 0. The molecule has 0 aromatic heterocycles. The highest BCUT2D eigenvalue weighted by Gasteiger charge is 2.49. The predicted molar refractivity (Wildman–Crippen MR) is 108 cm³/mol. The van der Waals surface area contributed by atoms with Crippen LogP contribution in [0, 0.1) is 0 Å². The molecule has 1 heterocycles. The van der Waals surface area contributed by atoms with Crippen LogP contribution in [0.2, 0.25) is 0 Å². The summed E-state index contributed by atoms with van der Waals surface area (Å²) in [6.07, 6.45) is 1.35. The van der Waals surface area contributed by atoms with E-state index >= 15 is 0 Å². The van der Waals surface area contributed by atoms with Crippen molar-refractivity contribution in [2.24, 2.45) is 5.10 Å². The molecule has 1 unspecified atom stereocenters. The van der Waals surface area contributed by atoms with E-state index in [2.05, 4.69) is 15.2 Å². The molecule has 8 nitrogen and oxygen atoms in total. The zero-order chi connectivity index (χ0) is 22.6. The van der Waals surface area contributed by atoms with Gasteiger partial charge >= 0.3 is 12.6 Å². The Balaban J connectivity index is 1.80. The molecule has 2 aromatic carbocycles. The fourth-order valence-corrected chi connectivity index (χ4v) is 3.06. The van der Waals surface area contributed by atoms with Gasteiger partial charge in [-0.2, -0.15) is 13.9 Å². The summed E-state index contributed by atoms with van der Waals surface area (Å²) < 4.78 is 39.7. The number of benzene rings is 2. The Morgan fingerprint density at radius 2 is 1.87 bits per heavy atom. The average molecular weight is 433 g/mol. The Morgan fingerprint density at radius 3 is 2.48 bits per heavy atom. The van der Waals surface area contributed by atoms with E-state index in [4.69, 9.17) is 9.47 Å².